The molecule has 0 amide bonds. The molecule has 0 unspecified atom stereocenters. The predicted molar refractivity (Wildman–Crippen MR) is 47.6 cm³/mol. The number of aliphatic hydroxyl groups is 1. The van der Waals surface area contributed by atoms with Crippen molar-refractivity contribution in [2.45, 2.75) is 18.9 Å². The summed E-state index contributed by atoms with van der Waals surface area (Å²) in [6.07, 6.45) is 1.45. The van der Waals surface area contributed by atoms with Crippen molar-refractivity contribution in [3.05, 3.63) is 33.8 Å². The first kappa shape index (κ1) is 7.32. The van der Waals surface area contributed by atoms with E-state index in [1.165, 1.54) is 11.1 Å². The third kappa shape index (κ3) is 1.21. The van der Waals surface area contributed by atoms with Gasteiger partial charge in [0, 0.05) is 10.9 Å². The van der Waals surface area contributed by atoms with E-state index in [1.807, 2.05) is 12.1 Å². The average molecular weight is 213 g/mol. The molecule has 2 rings (SSSR count). The lowest BCUT2D eigenvalue weighted by Crippen LogP contribution is -2.03. The Labute approximate surface area is 74.2 Å². The van der Waals surface area contributed by atoms with Gasteiger partial charge < -0.3 is 5.11 Å². The smallest absolute Gasteiger partial charge is 0.0621 e. The van der Waals surface area contributed by atoms with Gasteiger partial charge in [-0.05, 0) is 23.6 Å². The molecule has 0 aliphatic heterocycles. The summed E-state index contributed by atoms with van der Waals surface area (Å²) < 4.78 is 1.13. The van der Waals surface area contributed by atoms with Gasteiger partial charge in [0.15, 0.2) is 0 Å². The molecule has 1 N–H and O–H groups in total. The lowest BCUT2D eigenvalue weighted by molar-refractivity contribution is 0.187. The zero-order valence-corrected chi connectivity index (χ0v) is 7.63. The van der Waals surface area contributed by atoms with Gasteiger partial charge >= 0.3 is 0 Å². The van der Waals surface area contributed by atoms with E-state index in [2.05, 4.69) is 22.0 Å². The quantitative estimate of drug-likeness (QED) is 0.697. The van der Waals surface area contributed by atoms with E-state index >= 15 is 0 Å². The van der Waals surface area contributed by atoms with Gasteiger partial charge in [0.1, 0.15) is 0 Å². The highest BCUT2D eigenvalue weighted by molar-refractivity contribution is 9.10. The number of hydrogen-bond acceptors (Lipinski definition) is 1. The molecule has 1 atom stereocenters. The Morgan fingerprint density at radius 3 is 2.91 bits per heavy atom. The Balaban J connectivity index is 2.49. The topological polar surface area (TPSA) is 20.2 Å². The summed E-state index contributed by atoms with van der Waals surface area (Å²) in [5, 5.41) is 9.35. The highest BCUT2D eigenvalue weighted by Gasteiger charge is 2.20. The van der Waals surface area contributed by atoms with Gasteiger partial charge in [0.2, 0.25) is 0 Å². The molecule has 1 aliphatic carbocycles. The molecule has 1 aromatic carbocycles. The van der Waals surface area contributed by atoms with Crippen LogP contribution >= 0.6 is 15.9 Å². The molecule has 1 aromatic rings. The Hall–Kier alpha value is -0.340. The van der Waals surface area contributed by atoms with Crippen molar-refractivity contribution >= 4 is 15.9 Å². The van der Waals surface area contributed by atoms with E-state index < -0.39 is 0 Å². The van der Waals surface area contributed by atoms with E-state index in [1.54, 1.807) is 0 Å². The number of rotatable bonds is 0. The summed E-state index contributed by atoms with van der Waals surface area (Å²) in [6.45, 7) is 0. The van der Waals surface area contributed by atoms with Gasteiger partial charge in [0.05, 0.1) is 6.10 Å². The summed E-state index contributed by atoms with van der Waals surface area (Å²) in [5.41, 5.74) is 2.56. The minimum Gasteiger partial charge on any atom is -0.392 e. The maximum atomic E-state index is 9.35. The molecule has 58 valence electrons. The van der Waals surface area contributed by atoms with E-state index in [0.29, 0.717) is 0 Å². The SMILES string of the molecule is O[C@@H]1Cc2cccc(Br)c2C1. The van der Waals surface area contributed by atoms with Crippen molar-refractivity contribution < 1.29 is 5.11 Å². The fourth-order valence-corrected chi connectivity index (χ4v) is 2.15. The van der Waals surface area contributed by atoms with Crippen LogP contribution in [0.25, 0.3) is 0 Å². The lowest BCUT2D eigenvalue weighted by atomic mass is 10.1. The summed E-state index contributed by atoms with van der Waals surface area (Å²) >= 11 is 3.46. The molecule has 0 saturated carbocycles. The summed E-state index contributed by atoms with van der Waals surface area (Å²) in [6, 6.07) is 6.12. The van der Waals surface area contributed by atoms with E-state index in [4.69, 9.17) is 0 Å². The van der Waals surface area contributed by atoms with E-state index in [-0.39, 0.29) is 6.10 Å². The van der Waals surface area contributed by atoms with Gasteiger partial charge in [-0.25, -0.2) is 0 Å². The van der Waals surface area contributed by atoms with Crippen LogP contribution in [0.5, 0.6) is 0 Å². The molecule has 0 saturated heterocycles. The minimum atomic E-state index is -0.163. The standard InChI is InChI=1S/C9H9BrO/c10-9-3-1-2-6-4-7(11)5-8(6)9/h1-3,7,11H,4-5H2/t7-/m1/s1. The predicted octanol–water partition coefficient (Wildman–Crippen LogP) is 1.91. The van der Waals surface area contributed by atoms with Crippen LogP contribution in [-0.4, -0.2) is 11.2 Å². The van der Waals surface area contributed by atoms with Crippen LogP contribution in [0.4, 0.5) is 0 Å². The molecule has 0 heterocycles. The summed E-state index contributed by atoms with van der Waals surface area (Å²) in [5.74, 6) is 0. The van der Waals surface area contributed by atoms with Crippen LogP contribution in [0.15, 0.2) is 22.7 Å². The Morgan fingerprint density at radius 2 is 2.18 bits per heavy atom. The minimum absolute atomic E-state index is 0.163. The largest absolute Gasteiger partial charge is 0.392 e. The number of aliphatic hydroxyl groups excluding tert-OH is 1. The highest BCUT2D eigenvalue weighted by atomic mass is 79.9. The first-order valence-corrected chi connectivity index (χ1v) is 4.51. The molecule has 11 heavy (non-hydrogen) atoms. The summed E-state index contributed by atoms with van der Waals surface area (Å²) in [4.78, 5) is 0. The molecule has 0 aromatic heterocycles. The molecule has 0 bridgehead atoms. The van der Waals surface area contributed by atoms with Crippen LogP contribution in [-0.2, 0) is 12.8 Å². The van der Waals surface area contributed by atoms with Crippen LogP contribution in [0.2, 0.25) is 0 Å². The maximum absolute atomic E-state index is 9.35. The molecule has 1 aliphatic rings. The molecular formula is C9H9BrO. The second-order valence-electron chi connectivity index (χ2n) is 2.94. The zero-order chi connectivity index (χ0) is 7.84. The number of hydrogen-bond donors (Lipinski definition) is 1. The van der Waals surface area contributed by atoms with Gasteiger partial charge in [-0.15, -0.1) is 0 Å². The fraction of sp³-hybridized carbons (Fsp3) is 0.333. The number of fused-ring (bicyclic) bond motifs is 1. The fourth-order valence-electron chi connectivity index (χ4n) is 1.58. The van der Waals surface area contributed by atoms with Gasteiger partial charge in [-0.1, -0.05) is 28.1 Å². The molecule has 0 spiro atoms. The van der Waals surface area contributed by atoms with E-state index in [0.717, 1.165) is 17.3 Å². The van der Waals surface area contributed by atoms with Crippen molar-refractivity contribution in [3.63, 3.8) is 0 Å². The molecule has 2 heteroatoms. The van der Waals surface area contributed by atoms with E-state index in [9.17, 15) is 5.11 Å². The van der Waals surface area contributed by atoms with Crippen LogP contribution in [0, 0.1) is 0 Å². The Kier molecular flexibility index (Phi) is 1.74. The molecule has 0 fully saturated rings. The summed E-state index contributed by atoms with van der Waals surface area (Å²) in [7, 11) is 0. The van der Waals surface area contributed by atoms with Crippen LogP contribution in [0.3, 0.4) is 0 Å². The van der Waals surface area contributed by atoms with Crippen LogP contribution < -0.4 is 0 Å². The number of benzene rings is 1. The number of halogens is 1. The Morgan fingerprint density at radius 1 is 1.36 bits per heavy atom. The van der Waals surface area contributed by atoms with Crippen molar-refractivity contribution in [1.29, 1.82) is 0 Å². The van der Waals surface area contributed by atoms with Gasteiger partial charge in [-0.2, -0.15) is 0 Å². The van der Waals surface area contributed by atoms with Gasteiger partial charge in [0.25, 0.3) is 0 Å². The van der Waals surface area contributed by atoms with Gasteiger partial charge in [-0.3, -0.25) is 0 Å². The van der Waals surface area contributed by atoms with Crippen LogP contribution in [0.1, 0.15) is 11.1 Å². The maximum Gasteiger partial charge on any atom is 0.0621 e. The first-order chi connectivity index (χ1) is 5.27. The third-order valence-corrected chi connectivity index (χ3v) is 2.85. The molecular weight excluding hydrogens is 204 g/mol. The zero-order valence-electron chi connectivity index (χ0n) is 6.05. The highest BCUT2D eigenvalue weighted by Crippen LogP contribution is 2.28. The second-order valence-corrected chi connectivity index (χ2v) is 3.79. The molecule has 1 nitrogen and oxygen atoms in total. The average Bonchev–Trinajstić information content (AvgIpc) is 2.31. The van der Waals surface area contributed by atoms with Crippen molar-refractivity contribution in [1.82, 2.24) is 0 Å². The van der Waals surface area contributed by atoms with Crippen molar-refractivity contribution in [2.24, 2.45) is 0 Å². The lowest BCUT2D eigenvalue weighted by Gasteiger charge is -1.98. The third-order valence-electron chi connectivity index (χ3n) is 2.11. The monoisotopic (exact) mass is 212 g/mol. The Bertz CT molecular complexity index is 283. The normalized spacial score (nSPS) is 21.8. The second kappa shape index (κ2) is 2.61. The van der Waals surface area contributed by atoms with Crippen molar-refractivity contribution in [3.8, 4) is 0 Å². The van der Waals surface area contributed by atoms with Crippen molar-refractivity contribution in [2.75, 3.05) is 0 Å². The first-order valence-electron chi connectivity index (χ1n) is 3.71. The molecule has 0 radical (unpaired) electrons.